The van der Waals surface area contributed by atoms with Gasteiger partial charge in [-0.25, -0.2) is 0 Å². The fourth-order valence-corrected chi connectivity index (χ4v) is 1.08. The topological polar surface area (TPSA) is 46.5 Å². The maximum Gasteiger partial charge on any atom is 0.308 e. The van der Waals surface area contributed by atoms with E-state index in [1.807, 2.05) is 0 Å². The molecule has 0 saturated carbocycles. The van der Waals surface area contributed by atoms with Gasteiger partial charge < -0.3 is 9.84 Å². The SMILES string of the molecule is [2H][C@@](O)(CC(=O)OCC)c1ccccc1. The average Bonchev–Trinajstić information content (AvgIpc) is 2.18. The first-order chi connectivity index (χ1) is 7.06. The number of rotatable bonds is 4. The lowest BCUT2D eigenvalue weighted by Gasteiger charge is -2.09. The lowest BCUT2D eigenvalue weighted by atomic mass is 10.1. The first kappa shape index (κ1) is 9.21. The van der Waals surface area contributed by atoms with Crippen molar-refractivity contribution in [1.29, 1.82) is 0 Å². The van der Waals surface area contributed by atoms with Crippen LogP contribution in [0.25, 0.3) is 0 Å². The standard InChI is InChI=1S/C11H14O3/c1-2-14-11(13)8-10(12)9-6-4-3-5-7-9/h3-7,10,12H,2,8H2,1H3/t10-/m1/s1/i10D. The summed E-state index contributed by atoms with van der Waals surface area (Å²) in [6.45, 7) is 1.94. The monoisotopic (exact) mass is 195 g/mol. The van der Waals surface area contributed by atoms with Crippen LogP contribution in [-0.2, 0) is 9.53 Å². The zero-order valence-electron chi connectivity index (χ0n) is 9.06. The first-order valence-corrected chi connectivity index (χ1v) is 4.50. The van der Waals surface area contributed by atoms with E-state index in [1.54, 1.807) is 37.3 Å². The van der Waals surface area contributed by atoms with Crippen LogP contribution in [-0.4, -0.2) is 17.7 Å². The molecule has 3 heteroatoms. The van der Waals surface area contributed by atoms with Gasteiger partial charge in [0.15, 0.2) is 0 Å². The molecule has 0 fully saturated rings. The van der Waals surface area contributed by atoms with Crippen molar-refractivity contribution in [3.8, 4) is 0 Å². The molecule has 0 unspecified atom stereocenters. The zero-order chi connectivity index (χ0) is 11.3. The molecule has 1 aromatic carbocycles. The van der Waals surface area contributed by atoms with Crippen LogP contribution in [0.5, 0.6) is 0 Å². The average molecular weight is 195 g/mol. The van der Waals surface area contributed by atoms with E-state index in [2.05, 4.69) is 4.74 Å². The molecule has 0 aliphatic rings. The van der Waals surface area contributed by atoms with Crippen LogP contribution in [0, 0.1) is 0 Å². The summed E-state index contributed by atoms with van der Waals surface area (Å²) in [5, 5.41) is 9.75. The first-order valence-electron chi connectivity index (χ1n) is 5.00. The number of ether oxygens (including phenoxy) is 1. The van der Waals surface area contributed by atoms with Gasteiger partial charge in [-0.1, -0.05) is 30.3 Å². The highest BCUT2D eigenvalue weighted by atomic mass is 16.5. The van der Waals surface area contributed by atoms with Crippen LogP contribution in [0.1, 0.15) is 26.4 Å². The van der Waals surface area contributed by atoms with Crippen molar-refractivity contribution in [2.75, 3.05) is 6.61 Å². The van der Waals surface area contributed by atoms with E-state index in [9.17, 15) is 9.90 Å². The normalized spacial score (nSPS) is 15.4. The lowest BCUT2D eigenvalue weighted by molar-refractivity contribution is -0.145. The highest BCUT2D eigenvalue weighted by Crippen LogP contribution is 2.16. The molecule has 1 aromatic rings. The number of hydrogen-bond acceptors (Lipinski definition) is 3. The molecular formula is C11H14O3. The van der Waals surface area contributed by atoms with Crippen molar-refractivity contribution in [3.63, 3.8) is 0 Å². The minimum Gasteiger partial charge on any atom is -0.466 e. The lowest BCUT2D eigenvalue weighted by Crippen LogP contribution is -2.09. The molecular weight excluding hydrogens is 180 g/mol. The van der Waals surface area contributed by atoms with Crippen molar-refractivity contribution in [2.24, 2.45) is 0 Å². The van der Waals surface area contributed by atoms with Crippen LogP contribution < -0.4 is 0 Å². The Labute approximate surface area is 84.7 Å². The van der Waals surface area contributed by atoms with Gasteiger partial charge in [-0.3, -0.25) is 4.79 Å². The molecule has 1 rings (SSSR count). The number of carbonyl (C=O) groups excluding carboxylic acids is 1. The summed E-state index contributed by atoms with van der Waals surface area (Å²) in [7, 11) is 0. The van der Waals surface area contributed by atoms with Crippen LogP contribution in [0.3, 0.4) is 0 Å². The quantitative estimate of drug-likeness (QED) is 0.743. The highest BCUT2D eigenvalue weighted by molar-refractivity contribution is 5.70. The van der Waals surface area contributed by atoms with Gasteiger partial charge in [0.2, 0.25) is 0 Å². The summed E-state index contributed by atoms with van der Waals surface area (Å²) < 4.78 is 12.3. The second kappa shape index (κ2) is 5.40. The molecule has 76 valence electrons. The molecule has 0 heterocycles. The van der Waals surface area contributed by atoms with Crippen molar-refractivity contribution >= 4 is 5.97 Å². The summed E-state index contributed by atoms with van der Waals surface area (Å²) in [6.07, 6.45) is -2.27. The van der Waals surface area contributed by atoms with Crippen molar-refractivity contribution in [2.45, 2.75) is 19.4 Å². The Morgan fingerprint density at radius 3 is 2.79 bits per heavy atom. The molecule has 0 aliphatic carbocycles. The maximum atomic E-state index is 11.1. The molecule has 14 heavy (non-hydrogen) atoms. The van der Waals surface area contributed by atoms with E-state index >= 15 is 0 Å². The molecule has 0 bridgehead atoms. The van der Waals surface area contributed by atoms with E-state index in [0.717, 1.165) is 0 Å². The summed E-state index contributed by atoms with van der Waals surface area (Å²) in [6, 6.07) is 8.41. The molecule has 1 N–H and O–H groups in total. The van der Waals surface area contributed by atoms with Crippen molar-refractivity contribution in [3.05, 3.63) is 35.9 Å². The molecule has 1 atom stereocenters. The summed E-state index contributed by atoms with van der Waals surface area (Å²) in [5.41, 5.74) is 0.387. The second-order valence-electron chi connectivity index (χ2n) is 2.79. The smallest absolute Gasteiger partial charge is 0.308 e. The largest absolute Gasteiger partial charge is 0.466 e. The Balaban J connectivity index is 2.71. The van der Waals surface area contributed by atoms with Crippen LogP contribution in [0.15, 0.2) is 30.3 Å². The van der Waals surface area contributed by atoms with Gasteiger partial charge in [-0.05, 0) is 12.5 Å². The highest BCUT2D eigenvalue weighted by Gasteiger charge is 2.12. The Hall–Kier alpha value is -1.35. The van der Waals surface area contributed by atoms with Gasteiger partial charge >= 0.3 is 5.97 Å². The molecule has 3 nitrogen and oxygen atoms in total. The fourth-order valence-electron chi connectivity index (χ4n) is 1.08. The van der Waals surface area contributed by atoms with Crippen molar-refractivity contribution < 1.29 is 16.0 Å². The summed E-state index contributed by atoms with van der Waals surface area (Å²) in [5.74, 6) is -0.571. The van der Waals surface area contributed by atoms with E-state index < -0.39 is 12.0 Å². The Morgan fingerprint density at radius 1 is 1.57 bits per heavy atom. The van der Waals surface area contributed by atoms with Gasteiger partial charge in [-0.2, -0.15) is 0 Å². The third kappa shape index (κ3) is 3.18. The number of carbonyl (C=O) groups is 1. The minimum absolute atomic E-state index is 0.254. The van der Waals surface area contributed by atoms with E-state index in [-0.39, 0.29) is 13.0 Å². The zero-order valence-corrected chi connectivity index (χ0v) is 8.06. The van der Waals surface area contributed by atoms with Crippen LogP contribution >= 0.6 is 0 Å². The summed E-state index contributed by atoms with van der Waals surface area (Å²) in [4.78, 5) is 11.1. The fraction of sp³-hybridized carbons (Fsp3) is 0.364. The molecule has 0 aliphatic heterocycles. The predicted octanol–water partition coefficient (Wildman–Crippen LogP) is 1.67. The predicted molar refractivity (Wildman–Crippen MR) is 52.7 cm³/mol. The van der Waals surface area contributed by atoms with E-state index in [4.69, 9.17) is 1.37 Å². The number of hydrogen-bond donors (Lipinski definition) is 1. The third-order valence-corrected chi connectivity index (χ3v) is 1.72. The Bertz CT molecular complexity index is 322. The van der Waals surface area contributed by atoms with Crippen molar-refractivity contribution in [1.82, 2.24) is 0 Å². The van der Waals surface area contributed by atoms with Crippen LogP contribution in [0.2, 0.25) is 0 Å². The minimum atomic E-state index is -1.91. The van der Waals surface area contributed by atoms with E-state index in [1.165, 1.54) is 0 Å². The summed E-state index contributed by atoms with van der Waals surface area (Å²) >= 11 is 0. The second-order valence-corrected chi connectivity index (χ2v) is 2.79. The van der Waals surface area contributed by atoms with Gasteiger partial charge in [0.25, 0.3) is 0 Å². The molecule has 0 spiro atoms. The van der Waals surface area contributed by atoms with Crippen LogP contribution in [0.4, 0.5) is 0 Å². The van der Waals surface area contributed by atoms with Gasteiger partial charge in [0, 0.05) is 0 Å². The molecule has 0 amide bonds. The molecule has 0 radical (unpaired) electrons. The number of benzene rings is 1. The van der Waals surface area contributed by atoms with Gasteiger partial charge in [0.1, 0.15) is 0 Å². The third-order valence-electron chi connectivity index (χ3n) is 1.72. The Morgan fingerprint density at radius 2 is 2.21 bits per heavy atom. The van der Waals surface area contributed by atoms with Gasteiger partial charge in [-0.15, -0.1) is 0 Å². The molecule has 0 saturated heterocycles. The number of esters is 1. The van der Waals surface area contributed by atoms with Gasteiger partial charge in [0.05, 0.1) is 20.5 Å². The molecule has 0 aromatic heterocycles. The maximum absolute atomic E-state index is 11.1. The number of aliphatic hydroxyl groups is 1. The van der Waals surface area contributed by atoms with E-state index in [0.29, 0.717) is 5.56 Å². The Kier molecular flexibility index (Phi) is 3.55.